The van der Waals surface area contributed by atoms with Crippen LogP contribution in [0.5, 0.6) is 0 Å². The van der Waals surface area contributed by atoms with E-state index in [9.17, 15) is 18.3 Å². The molecule has 122 valence electrons. The SMILES string of the molecule is OC1(C2CCOC3(CCCC3)C2)CCCC(C(F)(F)F)C1. The minimum atomic E-state index is -4.18. The number of hydrogen-bond acceptors (Lipinski definition) is 2. The molecule has 1 heterocycles. The van der Waals surface area contributed by atoms with Crippen molar-refractivity contribution in [1.29, 1.82) is 0 Å². The number of alkyl halides is 3. The van der Waals surface area contributed by atoms with Gasteiger partial charge in [0.1, 0.15) is 0 Å². The summed E-state index contributed by atoms with van der Waals surface area (Å²) in [5.41, 5.74) is -1.29. The first kappa shape index (κ1) is 15.6. The van der Waals surface area contributed by atoms with Crippen molar-refractivity contribution >= 4 is 0 Å². The molecule has 3 unspecified atom stereocenters. The molecule has 5 heteroatoms. The average Bonchev–Trinajstić information content (AvgIpc) is 2.86. The van der Waals surface area contributed by atoms with Gasteiger partial charge in [-0.25, -0.2) is 0 Å². The summed E-state index contributed by atoms with van der Waals surface area (Å²) in [5.74, 6) is -1.37. The van der Waals surface area contributed by atoms with Crippen molar-refractivity contribution in [3.05, 3.63) is 0 Å². The van der Waals surface area contributed by atoms with Gasteiger partial charge in [0.2, 0.25) is 0 Å². The van der Waals surface area contributed by atoms with Gasteiger partial charge in [-0.3, -0.25) is 0 Å². The maximum absolute atomic E-state index is 13.0. The highest BCUT2D eigenvalue weighted by Gasteiger charge is 2.52. The van der Waals surface area contributed by atoms with E-state index in [4.69, 9.17) is 4.74 Å². The van der Waals surface area contributed by atoms with Crippen LogP contribution >= 0.6 is 0 Å². The van der Waals surface area contributed by atoms with Crippen molar-refractivity contribution in [3.63, 3.8) is 0 Å². The van der Waals surface area contributed by atoms with Crippen molar-refractivity contribution < 1.29 is 23.0 Å². The predicted octanol–water partition coefficient (Wildman–Crippen LogP) is 4.21. The van der Waals surface area contributed by atoms with Crippen LogP contribution in [-0.2, 0) is 4.74 Å². The third-order valence-corrected chi connectivity index (χ3v) is 5.99. The predicted molar refractivity (Wildman–Crippen MR) is 72.8 cm³/mol. The quantitative estimate of drug-likeness (QED) is 0.786. The fourth-order valence-corrected chi connectivity index (χ4v) is 4.79. The van der Waals surface area contributed by atoms with Crippen molar-refractivity contribution in [2.45, 2.75) is 81.6 Å². The second-order valence-electron chi connectivity index (χ2n) is 7.37. The summed E-state index contributed by atoms with van der Waals surface area (Å²) < 4.78 is 45.0. The Bertz CT molecular complexity index is 376. The molecule has 1 N–H and O–H groups in total. The highest BCUT2D eigenvalue weighted by Crippen LogP contribution is 2.51. The molecule has 1 aliphatic heterocycles. The summed E-state index contributed by atoms with van der Waals surface area (Å²) in [4.78, 5) is 0. The van der Waals surface area contributed by atoms with Gasteiger partial charge in [-0.1, -0.05) is 12.8 Å². The second-order valence-corrected chi connectivity index (χ2v) is 7.37. The van der Waals surface area contributed by atoms with Crippen LogP contribution in [0, 0.1) is 11.8 Å². The number of ether oxygens (including phenoxy) is 1. The van der Waals surface area contributed by atoms with Crippen LogP contribution in [0.2, 0.25) is 0 Å². The Morgan fingerprint density at radius 3 is 2.33 bits per heavy atom. The number of rotatable bonds is 1. The summed E-state index contributed by atoms with van der Waals surface area (Å²) in [6.07, 6.45) is 2.58. The van der Waals surface area contributed by atoms with Crippen molar-refractivity contribution in [1.82, 2.24) is 0 Å². The summed E-state index contributed by atoms with van der Waals surface area (Å²) in [6, 6.07) is 0. The topological polar surface area (TPSA) is 29.5 Å². The Kier molecular flexibility index (Phi) is 4.02. The Hall–Kier alpha value is -0.290. The number of hydrogen-bond donors (Lipinski definition) is 1. The van der Waals surface area contributed by atoms with Crippen LogP contribution in [0.3, 0.4) is 0 Å². The molecule has 3 fully saturated rings. The lowest BCUT2D eigenvalue weighted by atomic mass is 9.66. The smallest absolute Gasteiger partial charge is 0.390 e. The molecular weight excluding hydrogens is 281 g/mol. The molecule has 3 rings (SSSR count). The van der Waals surface area contributed by atoms with E-state index >= 15 is 0 Å². The first-order valence-electron chi connectivity index (χ1n) is 8.26. The van der Waals surface area contributed by atoms with Crippen molar-refractivity contribution in [2.75, 3.05) is 6.61 Å². The molecule has 0 aromatic carbocycles. The summed E-state index contributed by atoms with van der Waals surface area (Å²) >= 11 is 0. The van der Waals surface area contributed by atoms with E-state index in [-0.39, 0.29) is 24.4 Å². The third kappa shape index (κ3) is 3.09. The third-order valence-electron chi connectivity index (χ3n) is 5.99. The molecule has 1 saturated heterocycles. The van der Waals surface area contributed by atoms with Gasteiger partial charge in [0.15, 0.2) is 0 Å². The lowest BCUT2D eigenvalue weighted by Gasteiger charge is -2.48. The van der Waals surface area contributed by atoms with Crippen LogP contribution in [-0.4, -0.2) is 29.1 Å². The van der Waals surface area contributed by atoms with E-state index < -0.39 is 17.7 Å². The first-order valence-corrected chi connectivity index (χ1v) is 8.26. The molecule has 2 aliphatic carbocycles. The van der Waals surface area contributed by atoms with Gasteiger partial charge in [-0.2, -0.15) is 13.2 Å². The van der Waals surface area contributed by atoms with E-state index in [0.717, 1.165) is 32.1 Å². The maximum Gasteiger partial charge on any atom is 0.391 e. The number of halogens is 3. The lowest BCUT2D eigenvalue weighted by molar-refractivity contribution is -0.216. The Morgan fingerprint density at radius 1 is 0.952 bits per heavy atom. The van der Waals surface area contributed by atoms with Crippen LogP contribution < -0.4 is 0 Å². The van der Waals surface area contributed by atoms with E-state index in [1.54, 1.807) is 0 Å². The standard InChI is InChI=1S/C16H25F3O2/c17-16(18,19)13-4-3-8-15(20,11-13)12-5-9-21-14(10-12)6-1-2-7-14/h12-13,20H,1-11H2. The molecular formula is C16H25F3O2. The minimum Gasteiger partial charge on any atom is -0.390 e. The fraction of sp³-hybridized carbons (Fsp3) is 1.00. The van der Waals surface area contributed by atoms with Gasteiger partial charge in [0.25, 0.3) is 0 Å². The highest BCUT2D eigenvalue weighted by atomic mass is 19.4. The Balaban J connectivity index is 1.72. The summed E-state index contributed by atoms with van der Waals surface area (Å²) in [5, 5.41) is 10.9. The molecule has 2 saturated carbocycles. The van der Waals surface area contributed by atoms with Gasteiger partial charge < -0.3 is 9.84 Å². The summed E-state index contributed by atoms with van der Waals surface area (Å²) in [7, 11) is 0. The van der Waals surface area contributed by atoms with Gasteiger partial charge in [0, 0.05) is 6.61 Å². The minimum absolute atomic E-state index is 0.0329. The van der Waals surface area contributed by atoms with Gasteiger partial charge >= 0.3 is 6.18 Å². The highest BCUT2D eigenvalue weighted by molar-refractivity contribution is 5.00. The van der Waals surface area contributed by atoms with Gasteiger partial charge in [0.05, 0.1) is 17.1 Å². The molecule has 2 nitrogen and oxygen atoms in total. The maximum atomic E-state index is 13.0. The zero-order valence-corrected chi connectivity index (χ0v) is 12.4. The van der Waals surface area contributed by atoms with Crippen LogP contribution in [0.1, 0.15) is 64.2 Å². The zero-order chi connectivity index (χ0) is 15.1. The van der Waals surface area contributed by atoms with Crippen LogP contribution in [0.15, 0.2) is 0 Å². The molecule has 1 spiro atoms. The molecule has 0 aromatic heterocycles. The van der Waals surface area contributed by atoms with Crippen LogP contribution in [0.4, 0.5) is 13.2 Å². The van der Waals surface area contributed by atoms with Gasteiger partial charge in [-0.15, -0.1) is 0 Å². The van der Waals surface area contributed by atoms with Gasteiger partial charge in [-0.05, 0) is 57.3 Å². The molecule has 0 bridgehead atoms. The van der Waals surface area contributed by atoms with Crippen molar-refractivity contribution in [3.8, 4) is 0 Å². The monoisotopic (exact) mass is 306 g/mol. The second kappa shape index (κ2) is 5.41. The zero-order valence-electron chi connectivity index (χ0n) is 12.4. The average molecular weight is 306 g/mol. The fourth-order valence-electron chi connectivity index (χ4n) is 4.79. The normalized spacial score (nSPS) is 40.6. The van der Waals surface area contributed by atoms with E-state index in [0.29, 0.717) is 25.9 Å². The molecule has 3 aliphatic rings. The molecule has 21 heavy (non-hydrogen) atoms. The lowest BCUT2D eigenvalue weighted by Crippen LogP contribution is -2.51. The number of aliphatic hydroxyl groups is 1. The Labute approximate surface area is 124 Å². The van der Waals surface area contributed by atoms with Crippen LogP contribution in [0.25, 0.3) is 0 Å². The summed E-state index contributed by atoms with van der Waals surface area (Å²) in [6.45, 7) is 0.587. The largest absolute Gasteiger partial charge is 0.391 e. The first-order chi connectivity index (χ1) is 9.83. The van der Waals surface area contributed by atoms with E-state index in [1.807, 2.05) is 0 Å². The molecule has 0 amide bonds. The van der Waals surface area contributed by atoms with E-state index in [1.165, 1.54) is 0 Å². The molecule has 3 atom stereocenters. The van der Waals surface area contributed by atoms with Crippen molar-refractivity contribution in [2.24, 2.45) is 11.8 Å². The molecule has 0 radical (unpaired) electrons. The molecule has 0 aromatic rings. The Morgan fingerprint density at radius 2 is 1.67 bits per heavy atom. The van der Waals surface area contributed by atoms with E-state index in [2.05, 4.69) is 0 Å².